The second kappa shape index (κ2) is 8.46. The molecule has 0 amide bonds. The van der Waals surface area contributed by atoms with Gasteiger partial charge in [-0.05, 0) is 46.5 Å². The number of nitrogens with zero attached hydrogens (tertiary/aromatic N) is 4. The highest BCUT2D eigenvalue weighted by Gasteiger charge is 2.30. The van der Waals surface area contributed by atoms with Crippen LogP contribution < -0.4 is 10.6 Å². The van der Waals surface area contributed by atoms with Crippen molar-refractivity contribution in [1.82, 2.24) is 9.88 Å². The molecule has 1 saturated heterocycles. The van der Waals surface area contributed by atoms with Gasteiger partial charge in [-0.2, -0.15) is 0 Å². The third-order valence-electron chi connectivity index (χ3n) is 5.05. The molecule has 27 heavy (non-hydrogen) atoms. The minimum atomic E-state index is -0.419. The van der Waals surface area contributed by atoms with Gasteiger partial charge in [0, 0.05) is 37.8 Å². The van der Waals surface area contributed by atoms with Crippen molar-refractivity contribution in [1.29, 1.82) is 0 Å². The number of anilines is 1. The van der Waals surface area contributed by atoms with E-state index in [2.05, 4.69) is 14.8 Å². The maximum Gasteiger partial charge on any atom is 0.309 e. The van der Waals surface area contributed by atoms with Crippen LogP contribution in [0.1, 0.15) is 46.5 Å². The number of thiazole rings is 1. The molecule has 0 aromatic carbocycles. The Bertz CT molecular complexity index is 640. The Kier molecular flexibility index (Phi) is 6.24. The van der Waals surface area contributed by atoms with E-state index in [9.17, 15) is 4.79 Å². The third-order valence-corrected chi connectivity index (χ3v) is 5.88. The van der Waals surface area contributed by atoms with Crippen molar-refractivity contribution in [3.63, 3.8) is 0 Å². The molecule has 1 saturated carbocycles. The molecule has 7 nitrogen and oxygen atoms in total. The van der Waals surface area contributed by atoms with Crippen LogP contribution in [0.5, 0.6) is 0 Å². The first-order valence-corrected chi connectivity index (χ1v) is 10.7. The number of carbonyl (C=O) groups excluding carboxylic acids is 1. The fourth-order valence-corrected chi connectivity index (χ4v) is 4.29. The van der Waals surface area contributed by atoms with Crippen molar-refractivity contribution < 1.29 is 9.53 Å². The van der Waals surface area contributed by atoms with Gasteiger partial charge in [0.2, 0.25) is 0 Å². The van der Waals surface area contributed by atoms with E-state index in [1.165, 1.54) is 0 Å². The van der Waals surface area contributed by atoms with E-state index in [4.69, 9.17) is 15.5 Å². The van der Waals surface area contributed by atoms with Crippen LogP contribution in [0, 0.1) is 5.92 Å². The number of hydrogen-bond donors (Lipinski definition) is 1. The predicted molar refractivity (Wildman–Crippen MR) is 109 cm³/mol. The molecule has 150 valence electrons. The second-order valence-electron chi connectivity index (χ2n) is 8.31. The summed E-state index contributed by atoms with van der Waals surface area (Å²) in [6.45, 7) is 9.29. The van der Waals surface area contributed by atoms with E-state index in [1.807, 2.05) is 32.3 Å². The van der Waals surface area contributed by atoms with Crippen LogP contribution in [0.3, 0.4) is 0 Å². The van der Waals surface area contributed by atoms with E-state index < -0.39 is 5.60 Å². The number of aliphatic imine (C=N–C) groups is 1. The van der Waals surface area contributed by atoms with Crippen LogP contribution in [0.2, 0.25) is 0 Å². The first-order chi connectivity index (χ1) is 12.8. The lowest BCUT2D eigenvalue weighted by molar-refractivity contribution is -0.161. The van der Waals surface area contributed by atoms with Crippen molar-refractivity contribution in [2.24, 2.45) is 16.6 Å². The summed E-state index contributed by atoms with van der Waals surface area (Å²) in [5.41, 5.74) is 5.85. The van der Waals surface area contributed by atoms with Gasteiger partial charge < -0.3 is 20.3 Å². The van der Waals surface area contributed by atoms with E-state index >= 15 is 0 Å². The number of carbonyl (C=O) groups is 1. The van der Waals surface area contributed by atoms with Gasteiger partial charge >= 0.3 is 5.97 Å². The van der Waals surface area contributed by atoms with E-state index in [0.29, 0.717) is 5.96 Å². The van der Waals surface area contributed by atoms with Gasteiger partial charge in [-0.25, -0.2) is 9.98 Å². The maximum absolute atomic E-state index is 12.2. The van der Waals surface area contributed by atoms with Crippen molar-refractivity contribution in [3.8, 4) is 0 Å². The summed E-state index contributed by atoms with van der Waals surface area (Å²) in [4.78, 5) is 25.8. The monoisotopic (exact) mass is 393 g/mol. The summed E-state index contributed by atoms with van der Waals surface area (Å²) in [6.07, 6.45) is 5.28. The Hall–Kier alpha value is -1.83. The zero-order valence-corrected chi connectivity index (χ0v) is 17.4. The number of hydrogen-bond acceptors (Lipinski definition) is 6. The van der Waals surface area contributed by atoms with Crippen LogP contribution in [-0.4, -0.2) is 59.6 Å². The highest BCUT2D eigenvalue weighted by Crippen LogP contribution is 2.28. The van der Waals surface area contributed by atoms with Gasteiger partial charge in [0.15, 0.2) is 11.1 Å². The Balaban J connectivity index is 1.45. The molecule has 0 unspecified atom stereocenters. The second-order valence-corrected chi connectivity index (χ2v) is 9.19. The molecule has 0 spiro atoms. The predicted octanol–water partition coefficient (Wildman–Crippen LogP) is 2.48. The van der Waals surface area contributed by atoms with E-state index in [-0.39, 0.29) is 17.9 Å². The maximum atomic E-state index is 12.2. The molecular weight excluding hydrogens is 362 g/mol. The summed E-state index contributed by atoms with van der Waals surface area (Å²) in [5, 5.41) is 3.08. The van der Waals surface area contributed by atoms with Gasteiger partial charge in [0.1, 0.15) is 5.60 Å². The molecule has 3 rings (SSSR count). The molecule has 2 N–H and O–H groups in total. The topological polar surface area (TPSA) is 84.0 Å². The largest absolute Gasteiger partial charge is 0.460 e. The Morgan fingerprint density at radius 2 is 1.89 bits per heavy atom. The number of ether oxygens (including phenoxy) is 1. The quantitative estimate of drug-likeness (QED) is 0.482. The van der Waals surface area contributed by atoms with Crippen LogP contribution in [0.15, 0.2) is 16.6 Å². The Morgan fingerprint density at radius 3 is 2.44 bits per heavy atom. The van der Waals surface area contributed by atoms with E-state index in [0.717, 1.165) is 57.0 Å². The smallest absolute Gasteiger partial charge is 0.309 e. The lowest BCUT2D eigenvalue weighted by atomic mass is 9.86. The van der Waals surface area contributed by atoms with Crippen molar-refractivity contribution in [2.75, 3.05) is 31.1 Å². The molecule has 0 radical (unpaired) electrons. The van der Waals surface area contributed by atoms with Crippen molar-refractivity contribution >= 4 is 28.4 Å². The number of guanidine groups is 1. The molecule has 1 aromatic heterocycles. The molecule has 1 aliphatic carbocycles. The standard InChI is InChI=1S/C19H31N5O2S/c1-19(2,3)26-16(25)14-4-6-15(7-5-14)22-17(20)23-9-11-24(12-10-23)18-21-8-13-27-18/h8,13-15H,4-7,9-12H2,1-3H3,(H2,20,22). The summed E-state index contributed by atoms with van der Waals surface area (Å²) < 4.78 is 5.51. The molecule has 1 aliphatic heterocycles. The third kappa shape index (κ3) is 5.57. The molecule has 0 bridgehead atoms. The number of nitrogens with two attached hydrogens (primary N) is 1. The van der Waals surface area contributed by atoms with E-state index in [1.54, 1.807) is 11.3 Å². The van der Waals surface area contributed by atoms with Crippen molar-refractivity contribution in [2.45, 2.75) is 58.1 Å². The summed E-state index contributed by atoms with van der Waals surface area (Å²) in [6, 6.07) is 0.209. The molecule has 8 heteroatoms. The van der Waals surface area contributed by atoms with Crippen LogP contribution in [0.4, 0.5) is 5.13 Å². The number of rotatable bonds is 3. The molecule has 0 atom stereocenters. The molecule has 2 aliphatic rings. The van der Waals surface area contributed by atoms with Gasteiger partial charge in [0.25, 0.3) is 0 Å². The normalized spacial score (nSPS) is 24.8. The minimum Gasteiger partial charge on any atom is -0.460 e. The first-order valence-electron chi connectivity index (χ1n) is 9.77. The summed E-state index contributed by atoms with van der Waals surface area (Å²) in [7, 11) is 0. The fourth-order valence-electron chi connectivity index (χ4n) is 3.59. The van der Waals surface area contributed by atoms with Gasteiger partial charge in [-0.1, -0.05) is 0 Å². The fraction of sp³-hybridized carbons (Fsp3) is 0.737. The SMILES string of the molecule is CC(C)(C)OC(=O)C1CCC(N=C(N)N2CCN(c3nccs3)CC2)CC1. The zero-order valence-electron chi connectivity index (χ0n) is 16.6. The minimum absolute atomic E-state index is 0.00117. The average molecular weight is 394 g/mol. The molecule has 1 aromatic rings. The zero-order chi connectivity index (χ0) is 19.4. The average Bonchev–Trinajstić information content (AvgIpc) is 3.15. The Morgan fingerprint density at radius 1 is 1.22 bits per heavy atom. The van der Waals surface area contributed by atoms with Crippen molar-refractivity contribution in [3.05, 3.63) is 11.6 Å². The summed E-state index contributed by atoms with van der Waals surface area (Å²) in [5.74, 6) is 0.560. The van der Waals surface area contributed by atoms with Crippen LogP contribution >= 0.6 is 11.3 Å². The van der Waals surface area contributed by atoms with Gasteiger partial charge in [-0.15, -0.1) is 11.3 Å². The number of aromatic nitrogens is 1. The highest BCUT2D eigenvalue weighted by molar-refractivity contribution is 7.13. The first kappa shape index (κ1) is 19.9. The lowest BCUT2D eigenvalue weighted by Crippen LogP contribution is -2.51. The highest BCUT2D eigenvalue weighted by atomic mass is 32.1. The molecule has 2 fully saturated rings. The molecular formula is C19H31N5O2S. The number of piperazine rings is 1. The van der Waals surface area contributed by atoms with Gasteiger partial charge in [-0.3, -0.25) is 4.79 Å². The lowest BCUT2D eigenvalue weighted by Gasteiger charge is -2.36. The van der Waals surface area contributed by atoms with Gasteiger partial charge in [0.05, 0.1) is 12.0 Å². The molecule has 2 heterocycles. The van der Waals surface area contributed by atoms with Crippen LogP contribution in [0.25, 0.3) is 0 Å². The Labute approximate surface area is 165 Å². The number of esters is 1. The van der Waals surface area contributed by atoms with Crippen LogP contribution in [-0.2, 0) is 9.53 Å². The summed E-state index contributed by atoms with van der Waals surface area (Å²) >= 11 is 1.67.